The van der Waals surface area contributed by atoms with Crippen molar-refractivity contribution < 1.29 is 19.1 Å². The molecule has 172 valence electrons. The molecule has 1 heterocycles. The van der Waals surface area contributed by atoms with Crippen LogP contribution in [0.5, 0.6) is 5.75 Å². The fourth-order valence-corrected chi connectivity index (χ4v) is 5.31. The summed E-state index contributed by atoms with van der Waals surface area (Å²) in [6.45, 7) is 3.86. The van der Waals surface area contributed by atoms with Gasteiger partial charge >= 0.3 is 5.97 Å². The SMILES string of the molecule is Cc1ccc(OC(=O)c2cccc(N3C(=O)[C@@H]4CC[C@@H](c5ccccc5)C[C@H]4C3=O)c2)c(C)c1. The predicted molar refractivity (Wildman–Crippen MR) is 130 cm³/mol. The summed E-state index contributed by atoms with van der Waals surface area (Å²) in [6.07, 6.45) is 2.25. The summed E-state index contributed by atoms with van der Waals surface area (Å²) in [5.74, 6) is -0.701. The van der Waals surface area contributed by atoms with Crippen molar-refractivity contribution in [1.82, 2.24) is 0 Å². The average molecular weight is 454 g/mol. The van der Waals surface area contributed by atoms with Gasteiger partial charge in [0, 0.05) is 0 Å². The maximum atomic E-state index is 13.4. The molecule has 1 aliphatic heterocycles. The smallest absolute Gasteiger partial charge is 0.343 e. The number of rotatable bonds is 4. The number of nitrogens with zero attached hydrogens (tertiary/aromatic N) is 1. The standard InChI is InChI=1S/C29H27NO4/c1-18-11-14-26(19(2)15-18)34-29(33)22-9-6-10-23(16-22)30-27(31)24-13-12-21(17-25(24)28(30)32)20-7-4-3-5-8-20/h3-11,14-16,21,24-25H,12-13,17H2,1-2H3/t21-,24-,25-/m1/s1. The summed E-state index contributed by atoms with van der Waals surface area (Å²) in [6, 6.07) is 22.4. The molecule has 2 amide bonds. The first kappa shape index (κ1) is 22.1. The minimum Gasteiger partial charge on any atom is -0.423 e. The van der Waals surface area contributed by atoms with Gasteiger partial charge in [0.25, 0.3) is 0 Å². The minimum absolute atomic E-state index is 0.165. The van der Waals surface area contributed by atoms with Crippen LogP contribution in [0.4, 0.5) is 5.69 Å². The molecule has 5 heteroatoms. The second-order valence-electron chi connectivity index (χ2n) is 9.35. The molecule has 0 unspecified atom stereocenters. The van der Waals surface area contributed by atoms with Gasteiger partial charge in [0.05, 0.1) is 23.1 Å². The number of hydrogen-bond acceptors (Lipinski definition) is 4. The van der Waals surface area contributed by atoms with Crippen LogP contribution in [0.25, 0.3) is 0 Å². The normalized spacial score (nSPS) is 21.9. The highest BCUT2D eigenvalue weighted by atomic mass is 16.5. The largest absolute Gasteiger partial charge is 0.423 e. The van der Waals surface area contributed by atoms with Crippen molar-refractivity contribution in [2.45, 2.75) is 39.0 Å². The second-order valence-corrected chi connectivity index (χ2v) is 9.35. The average Bonchev–Trinajstić information content (AvgIpc) is 3.10. The Morgan fingerprint density at radius 2 is 1.62 bits per heavy atom. The van der Waals surface area contributed by atoms with Gasteiger partial charge in [-0.05, 0) is 74.4 Å². The van der Waals surface area contributed by atoms with Crippen molar-refractivity contribution in [2.24, 2.45) is 11.8 Å². The predicted octanol–water partition coefficient (Wildman–Crippen LogP) is 5.60. The third-order valence-corrected chi connectivity index (χ3v) is 7.07. The van der Waals surface area contributed by atoms with E-state index in [4.69, 9.17) is 4.74 Å². The summed E-state index contributed by atoms with van der Waals surface area (Å²) in [5, 5.41) is 0. The highest BCUT2D eigenvalue weighted by molar-refractivity contribution is 6.22. The maximum absolute atomic E-state index is 13.4. The molecular formula is C29H27NO4. The van der Waals surface area contributed by atoms with Gasteiger partial charge in [0.1, 0.15) is 5.75 Å². The second kappa shape index (κ2) is 8.90. The molecule has 3 atom stereocenters. The van der Waals surface area contributed by atoms with Crippen LogP contribution in [0.2, 0.25) is 0 Å². The molecule has 0 radical (unpaired) electrons. The number of anilines is 1. The molecule has 2 fully saturated rings. The highest BCUT2D eigenvalue weighted by Crippen LogP contribution is 2.45. The molecule has 3 aromatic carbocycles. The Labute approximate surface area is 199 Å². The van der Waals surface area contributed by atoms with Gasteiger partial charge in [-0.2, -0.15) is 0 Å². The van der Waals surface area contributed by atoms with Crippen molar-refractivity contribution >= 4 is 23.5 Å². The number of fused-ring (bicyclic) bond motifs is 1. The van der Waals surface area contributed by atoms with Gasteiger partial charge in [-0.15, -0.1) is 0 Å². The van der Waals surface area contributed by atoms with Crippen molar-refractivity contribution in [3.8, 4) is 5.75 Å². The molecule has 0 bridgehead atoms. The zero-order valence-corrected chi connectivity index (χ0v) is 19.4. The molecule has 1 saturated heterocycles. The van der Waals surface area contributed by atoms with E-state index >= 15 is 0 Å². The summed E-state index contributed by atoms with van der Waals surface area (Å²) < 4.78 is 5.59. The Morgan fingerprint density at radius 1 is 0.853 bits per heavy atom. The van der Waals surface area contributed by atoms with Gasteiger partial charge in [0.15, 0.2) is 0 Å². The van der Waals surface area contributed by atoms with E-state index in [9.17, 15) is 14.4 Å². The van der Waals surface area contributed by atoms with Gasteiger partial charge in [-0.3, -0.25) is 14.5 Å². The first-order valence-corrected chi connectivity index (χ1v) is 11.7. The number of ether oxygens (including phenoxy) is 1. The minimum atomic E-state index is -0.519. The van der Waals surface area contributed by atoms with Crippen molar-refractivity contribution in [2.75, 3.05) is 4.90 Å². The van der Waals surface area contributed by atoms with Gasteiger partial charge in [-0.25, -0.2) is 4.79 Å². The van der Waals surface area contributed by atoms with E-state index in [1.54, 1.807) is 30.3 Å². The maximum Gasteiger partial charge on any atom is 0.343 e. The van der Waals surface area contributed by atoms with Crippen molar-refractivity contribution in [3.05, 3.63) is 95.1 Å². The summed E-state index contributed by atoms with van der Waals surface area (Å²) >= 11 is 0. The lowest BCUT2D eigenvalue weighted by Crippen LogP contribution is -2.31. The van der Waals surface area contributed by atoms with Crippen LogP contribution in [0.1, 0.15) is 52.2 Å². The van der Waals surface area contributed by atoms with E-state index in [-0.39, 0.29) is 29.6 Å². The van der Waals surface area contributed by atoms with Crippen LogP contribution in [0.15, 0.2) is 72.8 Å². The van der Waals surface area contributed by atoms with E-state index in [1.165, 1.54) is 10.5 Å². The fraction of sp³-hybridized carbons (Fsp3) is 0.276. The van der Waals surface area contributed by atoms with Crippen molar-refractivity contribution in [1.29, 1.82) is 0 Å². The Hall–Kier alpha value is -3.73. The summed E-state index contributed by atoms with van der Waals surface area (Å²) in [4.78, 5) is 40.7. The molecule has 5 nitrogen and oxygen atoms in total. The van der Waals surface area contributed by atoms with Gasteiger partial charge in [0.2, 0.25) is 11.8 Å². The first-order valence-electron chi connectivity index (χ1n) is 11.7. The van der Waals surface area contributed by atoms with Crippen molar-refractivity contribution in [3.63, 3.8) is 0 Å². The van der Waals surface area contributed by atoms with E-state index in [0.717, 1.165) is 17.5 Å². The molecule has 1 saturated carbocycles. The molecule has 0 N–H and O–H groups in total. The number of carbonyl (C=O) groups is 3. The number of esters is 1. The molecule has 34 heavy (non-hydrogen) atoms. The highest BCUT2D eigenvalue weighted by Gasteiger charge is 2.50. The summed E-state index contributed by atoms with van der Waals surface area (Å²) in [5.41, 5.74) is 3.90. The van der Waals surface area contributed by atoms with E-state index < -0.39 is 5.97 Å². The quantitative estimate of drug-likeness (QED) is 0.293. The lowest BCUT2D eigenvalue weighted by atomic mass is 9.73. The topological polar surface area (TPSA) is 63.7 Å². The Balaban J connectivity index is 1.36. The molecule has 0 spiro atoms. The van der Waals surface area contributed by atoms with E-state index in [0.29, 0.717) is 29.8 Å². The molecular weight excluding hydrogens is 426 g/mol. The zero-order chi connectivity index (χ0) is 23.8. The third-order valence-electron chi connectivity index (χ3n) is 7.07. The van der Waals surface area contributed by atoms with Crippen LogP contribution in [-0.4, -0.2) is 17.8 Å². The Kier molecular flexibility index (Phi) is 5.78. The van der Waals surface area contributed by atoms with Crippen LogP contribution < -0.4 is 9.64 Å². The van der Waals surface area contributed by atoms with E-state index in [2.05, 4.69) is 12.1 Å². The van der Waals surface area contributed by atoms with Gasteiger partial charge < -0.3 is 4.74 Å². The number of hydrogen-bond donors (Lipinski definition) is 0. The van der Waals surface area contributed by atoms with E-state index in [1.807, 2.05) is 44.2 Å². The molecule has 3 aromatic rings. The fourth-order valence-electron chi connectivity index (χ4n) is 5.31. The number of carbonyl (C=O) groups excluding carboxylic acids is 3. The number of imide groups is 1. The third kappa shape index (κ3) is 4.03. The number of amides is 2. The molecule has 5 rings (SSSR count). The lowest BCUT2D eigenvalue weighted by molar-refractivity contribution is -0.122. The van der Waals surface area contributed by atoms with Gasteiger partial charge in [-0.1, -0.05) is 54.1 Å². The van der Waals surface area contributed by atoms with Crippen LogP contribution in [0, 0.1) is 25.7 Å². The molecule has 2 aliphatic rings. The monoisotopic (exact) mass is 453 g/mol. The molecule has 1 aliphatic carbocycles. The number of aryl methyl sites for hydroxylation is 2. The lowest BCUT2D eigenvalue weighted by Gasteiger charge is -2.28. The Morgan fingerprint density at radius 3 is 2.38 bits per heavy atom. The van der Waals surface area contributed by atoms with Crippen LogP contribution in [0.3, 0.4) is 0 Å². The summed E-state index contributed by atoms with van der Waals surface area (Å²) in [7, 11) is 0. The number of benzene rings is 3. The van der Waals surface area contributed by atoms with Crippen LogP contribution in [-0.2, 0) is 9.59 Å². The Bertz CT molecular complexity index is 1270. The zero-order valence-electron chi connectivity index (χ0n) is 19.4. The molecule has 0 aromatic heterocycles. The first-order chi connectivity index (χ1) is 16.4. The van der Waals surface area contributed by atoms with Crippen LogP contribution >= 0.6 is 0 Å².